The summed E-state index contributed by atoms with van der Waals surface area (Å²) in [6.07, 6.45) is 2.20. The lowest BCUT2D eigenvalue weighted by Crippen LogP contribution is -2.17. The summed E-state index contributed by atoms with van der Waals surface area (Å²) in [6, 6.07) is 3.78. The van der Waals surface area contributed by atoms with Crippen molar-refractivity contribution in [3.8, 4) is 16.9 Å². The van der Waals surface area contributed by atoms with E-state index in [0.717, 1.165) is 12.3 Å². The third-order valence-electron chi connectivity index (χ3n) is 3.73. The second-order valence-corrected chi connectivity index (χ2v) is 5.16. The number of carbonyl (C=O) groups is 1. The SMILES string of the molecule is CCn1cc(OC(=O)O)c(=O)c2cc(F)c(-c3ccncc3)c(F)c21. The molecule has 0 saturated heterocycles. The van der Waals surface area contributed by atoms with Crippen LogP contribution in [0.5, 0.6) is 5.75 Å². The van der Waals surface area contributed by atoms with Crippen LogP contribution in [0.25, 0.3) is 22.0 Å². The molecule has 0 saturated carbocycles. The van der Waals surface area contributed by atoms with Gasteiger partial charge in [0.25, 0.3) is 0 Å². The number of nitrogens with zero attached hydrogens (tertiary/aromatic N) is 2. The van der Waals surface area contributed by atoms with Gasteiger partial charge < -0.3 is 14.4 Å². The Balaban J connectivity index is 2.40. The fourth-order valence-electron chi connectivity index (χ4n) is 2.66. The summed E-state index contributed by atoms with van der Waals surface area (Å²) >= 11 is 0. The van der Waals surface area contributed by atoms with Crippen molar-refractivity contribution in [1.29, 1.82) is 0 Å². The molecule has 25 heavy (non-hydrogen) atoms. The highest BCUT2D eigenvalue weighted by Crippen LogP contribution is 2.31. The van der Waals surface area contributed by atoms with E-state index in [2.05, 4.69) is 9.72 Å². The minimum Gasteiger partial charge on any atom is -0.449 e. The number of hydrogen-bond donors (Lipinski definition) is 1. The second kappa shape index (κ2) is 6.31. The Morgan fingerprint density at radius 1 is 1.32 bits per heavy atom. The van der Waals surface area contributed by atoms with E-state index in [1.807, 2.05) is 0 Å². The second-order valence-electron chi connectivity index (χ2n) is 5.16. The van der Waals surface area contributed by atoms with E-state index in [9.17, 15) is 14.0 Å². The highest BCUT2D eigenvalue weighted by molar-refractivity contribution is 5.87. The molecule has 128 valence electrons. The first kappa shape index (κ1) is 16.6. The monoisotopic (exact) mass is 346 g/mol. The smallest absolute Gasteiger partial charge is 0.449 e. The fourth-order valence-corrected chi connectivity index (χ4v) is 2.66. The number of rotatable bonds is 3. The number of ether oxygens (including phenoxy) is 1. The third kappa shape index (κ3) is 2.82. The van der Waals surface area contributed by atoms with Gasteiger partial charge in [0, 0.05) is 18.9 Å². The highest BCUT2D eigenvalue weighted by atomic mass is 19.1. The molecule has 0 unspecified atom stereocenters. The molecule has 3 rings (SSSR count). The predicted octanol–water partition coefficient (Wildman–Crippen LogP) is 3.42. The van der Waals surface area contributed by atoms with Crippen LogP contribution in [0.15, 0.2) is 41.6 Å². The molecule has 0 bridgehead atoms. The van der Waals surface area contributed by atoms with E-state index in [-0.39, 0.29) is 28.6 Å². The van der Waals surface area contributed by atoms with Crippen LogP contribution in [0.2, 0.25) is 0 Å². The Labute approximate surface area is 139 Å². The van der Waals surface area contributed by atoms with Crippen molar-refractivity contribution in [2.45, 2.75) is 13.5 Å². The zero-order chi connectivity index (χ0) is 18.1. The number of hydrogen-bond acceptors (Lipinski definition) is 4. The minimum atomic E-state index is -1.69. The number of pyridine rings is 2. The number of halogens is 2. The van der Waals surface area contributed by atoms with Gasteiger partial charge in [0.15, 0.2) is 11.6 Å². The minimum absolute atomic E-state index is 0.126. The molecule has 0 aliphatic carbocycles. The van der Waals surface area contributed by atoms with Gasteiger partial charge in [-0.2, -0.15) is 0 Å². The van der Waals surface area contributed by atoms with Gasteiger partial charge in [0.2, 0.25) is 5.43 Å². The first-order valence-electron chi connectivity index (χ1n) is 7.30. The Bertz CT molecular complexity index is 1030. The van der Waals surface area contributed by atoms with Crippen molar-refractivity contribution < 1.29 is 23.4 Å². The Kier molecular flexibility index (Phi) is 4.18. The summed E-state index contributed by atoms with van der Waals surface area (Å²) < 4.78 is 35.3. The van der Waals surface area contributed by atoms with Crippen LogP contribution in [0.4, 0.5) is 13.6 Å². The summed E-state index contributed by atoms with van der Waals surface area (Å²) in [7, 11) is 0. The maximum atomic E-state index is 15.1. The number of benzene rings is 1. The summed E-state index contributed by atoms with van der Waals surface area (Å²) in [6.45, 7) is 1.88. The van der Waals surface area contributed by atoms with E-state index in [1.54, 1.807) is 6.92 Å². The molecule has 3 aromatic rings. The maximum absolute atomic E-state index is 15.1. The van der Waals surface area contributed by atoms with Crippen LogP contribution in [0, 0.1) is 11.6 Å². The lowest BCUT2D eigenvalue weighted by Gasteiger charge is -2.14. The molecule has 2 heterocycles. The lowest BCUT2D eigenvalue weighted by molar-refractivity contribution is 0.144. The van der Waals surface area contributed by atoms with Crippen molar-refractivity contribution in [2.75, 3.05) is 0 Å². The van der Waals surface area contributed by atoms with Crippen molar-refractivity contribution in [3.63, 3.8) is 0 Å². The van der Waals surface area contributed by atoms with Gasteiger partial charge in [-0.3, -0.25) is 9.78 Å². The Morgan fingerprint density at radius 2 is 2.00 bits per heavy atom. The Hall–Kier alpha value is -3.29. The van der Waals surface area contributed by atoms with Gasteiger partial charge in [-0.25, -0.2) is 13.6 Å². The zero-order valence-corrected chi connectivity index (χ0v) is 13.0. The summed E-state index contributed by atoms with van der Waals surface area (Å²) in [5.41, 5.74) is -1.05. The van der Waals surface area contributed by atoms with Gasteiger partial charge in [-0.1, -0.05) is 0 Å². The zero-order valence-electron chi connectivity index (χ0n) is 13.0. The molecule has 0 aliphatic rings. The van der Waals surface area contributed by atoms with E-state index in [0.29, 0.717) is 0 Å². The molecule has 0 atom stereocenters. The van der Waals surface area contributed by atoms with Crippen LogP contribution in [0.1, 0.15) is 6.92 Å². The van der Waals surface area contributed by atoms with E-state index >= 15 is 4.39 Å². The topological polar surface area (TPSA) is 81.4 Å². The van der Waals surface area contributed by atoms with E-state index in [1.165, 1.54) is 29.1 Å². The fraction of sp³-hybridized carbons (Fsp3) is 0.118. The Morgan fingerprint density at radius 3 is 2.60 bits per heavy atom. The molecule has 0 aliphatic heterocycles. The molecule has 1 N–H and O–H groups in total. The van der Waals surface area contributed by atoms with Crippen molar-refractivity contribution in [3.05, 3.63) is 58.6 Å². The molecule has 0 spiro atoms. The number of aromatic nitrogens is 2. The van der Waals surface area contributed by atoms with E-state index in [4.69, 9.17) is 5.11 Å². The molecule has 6 nitrogen and oxygen atoms in total. The molecular formula is C17H12F2N2O4. The summed E-state index contributed by atoms with van der Waals surface area (Å²) in [5, 5.41) is 8.41. The first-order chi connectivity index (χ1) is 11.9. The lowest BCUT2D eigenvalue weighted by atomic mass is 10.0. The van der Waals surface area contributed by atoms with Crippen LogP contribution < -0.4 is 10.2 Å². The van der Waals surface area contributed by atoms with Crippen molar-refractivity contribution in [1.82, 2.24) is 9.55 Å². The molecule has 2 aromatic heterocycles. The van der Waals surface area contributed by atoms with E-state index < -0.39 is 29.0 Å². The quantitative estimate of drug-likeness (QED) is 0.735. The molecule has 1 aromatic carbocycles. The van der Waals surface area contributed by atoms with Crippen molar-refractivity contribution in [2.24, 2.45) is 0 Å². The third-order valence-corrected chi connectivity index (χ3v) is 3.73. The van der Waals surface area contributed by atoms with Gasteiger partial charge in [-0.05, 0) is 30.7 Å². The normalized spacial score (nSPS) is 10.8. The molecule has 0 fully saturated rings. The van der Waals surface area contributed by atoms with Crippen LogP contribution in [-0.4, -0.2) is 20.8 Å². The van der Waals surface area contributed by atoms with Gasteiger partial charge in [0.1, 0.15) is 5.82 Å². The largest absolute Gasteiger partial charge is 0.511 e. The van der Waals surface area contributed by atoms with Gasteiger partial charge >= 0.3 is 6.16 Å². The maximum Gasteiger partial charge on any atom is 0.511 e. The molecular weight excluding hydrogens is 334 g/mol. The predicted molar refractivity (Wildman–Crippen MR) is 85.7 cm³/mol. The van der Waals surface area contributed by atoms with Gasteiger partial charge in [-0.15, -0.1) is 0 Å². The van der Waals surface area contributed by atoms with Crippen LogP contribution >= 0.6 is 0 Å². The summed E-state index contributed by atoms with van der Waals surface area (Å²) in [4.78, 5) is 26.9. The number of aryl methyl sites for hydroxylation is 1. The molecule has 0 amide bonds. The highest BCUT2D eigenvalue weighted by Gasteiger charge is 2.21. The summed E-state index contributed by atoms with van der Waals surface area (Å²) in [5.74, 6) is -2.37. The average Bonchev–Trinajstić information content (AvgIpc) is 2.58. The van der Waals surface area contributed by atoms with Crippen molar-refractivity contribution >= 4 is 17.1 Å². The first-order valence-corrected chi connectivity index (χ1v) is 7.30. The van der Waals surface area contributed by atoms with Crippen LogP contribution in [-0.2, 0) is 6.54 Å². The molecule has 8 heteroatoms. The standard InChI is InChI=1S/C17H12F2N2O4/c1-2-21-8-12(25-17(23)24)16(22)10-7-11(18)13(14(19)15(10)21)9-3-5-20-6-4-9/h3-8H,2H2,1H3,(H,23,24). The van der Waals surface area contributed by atoms with Gasteiger partial charge in [0.05, 0.1) is 22.7 Å². The average molecular weight is 346 g/mol. The number of fused-ring (bicyclic) bond motifs is 1. The molecule has 0 radical (unpaired) electrons. The number of carboxylic acid groups (broad SMARTS) is 1. The van der Waals surface area contributed by atoms with Crippen LogP contribution in [0.3, 0.4) is 0 Å².